The largest absolute Gasteiger partial charge is 0.363 e. The van der Waals surface area contributed by atoms with Crippen molar-refractivity contribution in [2.45, 2.75) is 13.1 Å². The molecule has 0 aliphatic rings. The van der Waals surface area contributed by atoms with Crippen LogP contribution in [0.15, 0.2) is 61.1 Å². The molecule has 0 saturated carbocycles. The number of hydrogen-bond acceptors (Lipinski definition) is 5. The molecule has 1 aromatic carbocycles. The molecule has 0 aliphatic heterocycles. The minimum atomic E-state index is -0.740. The molecule has 0 aliphatic carbocycles. The van der Waals surface area contributed by atoms with Gasteiger partial charge in [-0.2, -0.15) is 5.10 Å². The standard InChI is InChI=1S/C20H22N6O2/c1-25(2)18-9-8-17(12-21-18)24-20(28)19(27)22-10-16-11-23-26(14-16)13-15-6-4-3-5-7-15/h3-9,11-12,14H,10,13H2,1-2H3,(H,22,27)(H,24,28). The second-order valence-electron chi connectivity index (χ2n) is 6.47. The molecule has 3 rings (SSSR count). The summed E-state index contributed by atoms with van der Waals surface area (Å²) in [7, 11) is 3.74. The van der Waals surface area contributed by atoms with Crippen molar-refractivity contribution >= 4 is 23.3 Å². The lowest BCUT2D eigenvalue weighted by Gasteiger charge is -2.11. The van der Waals surface area contributed by atoms with E-state index in [0.717, 1.165) is 16.9 Å². The van der Waals surface area contributed by atoms with Crippen molar-refractivity contribution < 1.29 is 9.59 Å². The Kier molecular flexibility index (Phi) is 6.01. The molecule has 3 aromatic rings. The first kappa shape index (κ1) is 19.1. The SMILES string of the molecule is CN(C)c1ccc(NC(=O)C(=O)NCc2cnn(Cc3ccccc3)c2)cn1. The molecule has 2 amide bonds. The Hall–Kier alpha value is -3.68. The van der Waals surface area contributed by atoms with E-state index in [2.05, 4.69) is 20.7 Å². The zero-order valence-electron chi connectivity index (χ0n) is 15.8. The van der Waals surface area contributed by atoms with Crippen LogP contribution in [0.4, 0.5) is 11.5 Å². The molecular formula is C20H22N6O2. The third-order valence-electron chi connectivity index (χ3n) is 4.00. The van der Waals surface area contributed by atoms with Crippen molar-refractivity contribution in [3.8, 4) is 0 Å². The first-order valence-corrected chi connectivity index (χ1v) is 8.79. The minimum absolute atomic E-state index is 0.221. The molecule has 144 valence electrons. The van der Waals surface area contributed by atoms with Gasteiger partial charge in [0.1, 0.15) is 5.82 Å². The molecule has 0 unspecified atom stereocenters. The van der Waals surface area contributed by atoms with Gasteiger partial charge in [0.2, 0.25) is 0 Å². The summed E-state index contributed by atoms with van der Waals surface area (Å²) in [4.78, 5) is 30.1. The number of anilines is 2. The summed E-state index contributed by atoms with van der Waals surface area (Å²) in [5.74, 6) is -0.696. The van der Waals surface area contributed by atoms with Crippen molar-refractivity contribution in [1.29, 1.82) is 0 Å². The Morgan fingerprint density at radius 2 is 1.79 bits per heavy atom. The summed E-state index contributed by atoms with van der Waals surface area (Å²) in [5.41, 5.74) is 2.41. The summed E-state index contributed by atoms with van der Waals surface area (Å²) in [6.07, 6.45) is 5.02. The number of rotatable bonds is 6. The van der Waals surface area contributed by atoms with E-state index in [1.807, 2.05) is 55.5 Å². The number of aromatic nitrogens is 3. The number of benzene rings is 1. The van der Waals surface area contributed by atoms with Crippen LogP contribution in [0.25, 0.3) is 0 Å². The molecule has 0 spiro atoms. The fourth-order valence-corrected chi connectivity index (χ4v) is 2.53. The lowest BCUT2D eigenvalue weighted by atomic mass is 10.2. The molecule has 0 radical (unpaired) electrons. The minimum Gasteiger partial charge on any atom is -0.363 e. The first-order valence-electron chi connectivity index (χ1n) is 8.79. The van der Waals surface area contributed by atoms with Crippen molar-refractivity contribution in [3.05, 3.63) is 72.2 Å². The molecule has 0 bridgehead atoms. The summed E-state index contributed by atoms with van der Waals surface area (Å²) in [6, 6.07) is 13.4. The molecule has 0 atom stereocenters. The van der Waals surface area contributed by atoms with Gasteiger partial charge >= 0.3 is 11.8 Å². The second-order valence-corrected chi connectivity index (χ2v) is 6.47. The van der Waals surface area contributed by atoms with Crippen LogP contribution in [0.1, 0.15) is 11.1 Å². The molecule has 0 fully saturated rings. The first-order chi connectivity index (χ1) is 13.5. The van der Waals surface area contributed by atoms with E-state index in [9.17, 15) is 9.59 Å². The Balaban J connectivity index is 1.49. The second kappa shape index (κ2) is 8.81. The van der Waals surface area contributed by atoms with Gasteiger partial charge in [0.05, 0.1) is 24.6 Å². The Morgan fingerprint density at radius 1 is 1.00 bits per heavy atom. The average Bonchev–Trinajstić information content (AvgIpc) is 3.14. The summed E-state index contributed by atoms with van der Waals surface area (Å²) in [6.45, 7) is 0.865. The Morgan fingerprint density at radius 3 is 2.46 bits per heavy atom. The van der Waals surface area contributed by atoms with Crippen molar-refractivity contribution in [1.82, 2.24) is 20.1 Å². The highest BCUT2D eigenvalue weighted by molar-refractivity contribution is 6.39. The monoisotopic (exact) mass is 378 g/mol. The van der Waals surface area contributed by atoms with Gasteiger partial charge in [-0.25, -0.2) is 4.98 Å². The quantitative estimate of drug-likeness (QED) is 0.637. The molecular weight excluding hydrogens is 356 g/mol. The lowest BCUT2D eigenvalue weighted by molar-refractivity contribution is -0.136. The topological polar surface area (TPSA) is 92.2 Å². The van der Waals surface area contributed by atoms with E-state index in [4.69, 9.17) is 0 Å². The van der Waals surface area contributed by atoms with Crippen LogP contribution < -0.4 is 15.5 Å². The van der Waals surface area contributed by atoms with Crippen LogP contribution in [0.3, 0.4) is 0 Å². The molecule has 2 aromatic heterocycles. The van der Waals surface area contributed by atoms with Crippen LogP contribution in [-0.2, 0) is 22.7 Å². The highest BCUT2D eigenvalue weighted by Crippen LogP contribution is 2.11. The smallest absolute Gasteiger partial charge is 0.313 e. The number of amides is 2. The van der Waals surface area contributed by atoms with E-state index >= 15 is 0 Å². The molecule has 28 heavy (non-hydrogen) atoms. The van der Waals surface area contributed by atoms with Gasteiger partial charge in [-0.3, -0.25) is 14.3 Å². The van der Waals surface area contributed by atoms with Crippen molar-refractivity contribution in [3.63, 3.8) is 0 Å². The highest BCUT2D eigenvalue weighted by atomic mass is 16.2. The maximum atomic E-state index is 12.0. The Labute approximate surface area is 163 Å². The number of carbonyl (C=O) groups is 2. The number of pyridine rings is 1. The molecule has 2 N–H and O–H groups in total. The lowest BCUT2D eigenvalue weighted by Crippen LogP contribution is -2.34. The third-order valence-corrected chi connectivity index (χ3v) is 4.00. The predicted molar refractivity (Wildman–Crippen MR) is 107 cm³/mol. The number of hydrogen-bond donors (Lipinski definition) is 2. The van der Waals surface area contributed by atoms with E-state index in [1.165, 1.54) is 6.20 Å². The van der Waals surface area contributed by atoms with Crippen molar-refractivity contribution in [2.75, 3.05) is 24.3 Å². The Bertz CT molecular complexity index is 935. The number of nitrogens with one attached hydrogen (secondary N) is 2. The molecule has 2 heterocycles. The van der Waals surface area contributed by atoms with Gasteiger partial charge in [-0.05, 0) is 17.7 Å². The van der Waals surface area contributed by atoms with Crippen LogP contribution >= 0.6 is 0 Å². The highest BCUT2D eigenvalue weighted by Gasteiger charge is 2.14. The van der Waals surface area contributed by atoms with Gasteiger partial charge in [0, 0.05) is 32.4 Å². The number of carbonyl (C=O) groups excluding carboxylic acids is 2. The summed E-state index contributed by atoms with van der Waals surface area (Å²) in [5, 5.41) is 9.40. The molecule has 8 nitrogen and oxygen atoms in total. The van der Waals surface area contributed by atoms with Crippen LogP contribution in [0.2, 0.25) is 0 Å². The molecule has 8 heteroatoms. The zero-order valence-corrected chi connectivity index (χ0v) is 15.8. The van der Waals surface area contributed by atoms with Crippen molar-refractivity contribution in [2.24, 2.45) is 0 Å². The summed E-state index contributed by atoms with van der Waals surface area (Å²) >= 11 is 0. The van der Waals surface area contributed by atoms with E-state index in [1.54, 1.807) is 23.0 Å². The van der Waals surface area contributed by atoms with Crippen LogP contribution in [0, 0.1) is 0 Å². The average molecular weight is 378 g/mol. The summed E-state index contributed by atoms with van der Waals surface area (Å²) < 4.78 is 1.79. The van der Waals surface area contributed by atoms with Crippen LogP contribution in [0.5, 0.6) is 0 Å². The fraction of sp³-hybridized carbons (Fsp3) is 0.200. The predicted octanol–water partition coefficient (Wildman–Crippen LogP) is 1.65. The van der Waals surface area contributed by atoms with Gasteiger partial charge in [0.25, 0.3) is 0 Å². The van der Waals surface area contributed by atoms with Gasteiger partial charge in [0.15, 0.2) is 0 Å². The molecule has 0 saturated heterocycles. The third kappa shape index (κ3) is 5.16. The van der Waals surface area contributed by atoms with Gasteiger partial charge in [-0.15, -0.1) is 0 Å². The van der Waals surface area contributed by atoms with Gasteiger partial charge in [-0.1, -0.05) is 30.3 Å². The zero-order chi connectivity index (χ0) is 19.9. The fourth-order valence-electron chi connectivity index (χ4n) is 2.53. The maximum Gasteiger partial charge on any atom is 0.313 e. The van der Waals surface area contributed by atoms with E-state index in [0.29, 0.717) is 12.2 Å². The normalized spacial score (nSPS) is 10.4. The maximum absolute atomic E-state index is 12.0. The number of nitrogens with zero attached hydrogens (tertiary/aromatic N) is 4. The van der Waals surface area contributed by atoms with Crippen LogP contribution in [-0.4, -0.2) is 40.7 Å². The van der Waals surface area contributed by atoms with E-state index < -0.39 is 11.8 Å². The van der Waals surface area contributed by atoms with E-state index in [-0.39, 0.29) is 6.54 Å². The van der Waals surface area contributed by atoms with Gasteiger partial charge < -0.3 is 15.5 Å².